The first-order valence-electron chi connectivity index (χ1n) is 6.31. The van der Waals surface area contributed by atoms with Gasteiger partial charge in [0.25, 0.3) is 0 Å². The predicted molar refractivity (Wildman–Crippen MR) is 80.7 cm³/mol. The van der Waals surface area contributed by atoms with Gasteiger partial charge in [-0.2, -0.15) is 13.2 Å². The highest BCUT2D eigenvalue weighted by Crippen LogP contribution is 2.35. The molecule has 0 spiro atoms. The van der Waals surface area contributed by atoms with Gasteiger partial charge in [-0.15, -0.1) is 0 Å². The molecule has 2 heterocycles. The van der Waals surface area contributed by atoms with Gasteiger partial charge < -0.3 is 9.73 Å². The van der Waals surface area contributed by atoms with Crippen LogP contribution >= 0.6 is 22.9 Å². The molecule has 3 aromatic rings. The Labute approximate surface area is 136 Å². The van der Waals surface area contributed by atoms with Gasteiger partial charge in [-0.05, 0) is 18.2 Å². The molecule has 0 atom stereocenters. The number of nitrogens with one attached hydrogen (secondary N) is 1. The minimum absolute atomic E-state index is 0.0461. The number of carbonyl (C=O) groups is 1. The quantitative estimate of drug-likeness (QED) is 0.733. The molecule has 4 nitrogen and oxygen atoms in total. The molecule has 1 amide bonds. The van der Waals surface area contributed by atoms with E-state index in [0.29, 0.717) is 33.7 Å². The Balaban J connectivity index is 1.72. The predicted octanol–water partition coefficient (Wildman–Crippen LogP) is 4.74. The van der Waals surface area contributed by atoms with Crippen LogP contribution in [0.15, 0.2) is 35.1 Å². The number of nitrogens with zero attached hydrogens (tertiary/aromatic N) is 1. The number of hydrogen-bond acceptors (Lipinski definition) is 4. The van der Waals surface area contributed by atoms with Gasteiger partial charge in [-0.25, -0.2) is 4.98 Å². The third-order valence-corrected chi connectivity index (χ3v) is 4.19. The van der Waals surface area contributed by atoms with Gasteiger partial charge in [-0.3, -0.25) is 4.79 Å². The Hall–Kier alpha value is -2.06. The number of anilines is 1. The highest BCUT2D eigenvalue weighted by Gasteiger charge is 2.33. The third-order valence-electron chi connectivity index (χ3n) is 3.00. The monoisotopic (exact) mass is 360 g/mol. The molecular weight excluding hydrogens is 353 g/mol. The van der Waals surface area contributed by atoms with Crippen molar-refractivity contribution in [1.29, 1.82) is 0 Å². The highest BCUT2D eigenvalue weighted by molar-refractivity contribution is 7.15. The lowest BCUT2D eigenvalue weighted by Gasteiger charge is -2.01. The molecule has 0 saturated carbocycles. The van der Waals surface area contributed by atoms with E-state index in [4.69, 9.17) is 16.0 Å². The van der Waals surface area contributed by atoms with Gasteiger partial charge in [0.2, 0.25) is 5.91 Å². The number of amides is 1. The number of benzene rings is 1. The van der Waals surface area contributed by atoms with Crippen molar-refractivity contribution in [2.24, 2.45) is 0 Å². The number of rotatable bonds is 3. The topological polar surface area (TPSA) is 55.1 Å². The summed E-state index contributed by atoms with van der Waals surface area (Å²) in [5, 5.41) is 3.48. The number of hydrogen-bond donors (Lipinski definition) is 1. The molecule has 23 heavy (non-hydrogen) atoms. The van der Waals surface area contributed by atoms with Crippen molar-refractivity contribution in [3.63, 3.8) is 0 Å². The molecule has 9 heteroatoms. The Morgan fingerprint density at radius 1 is 1.39 bits per heavy atom. The number of halogens is 4. The van der Waals surface area contributed by atoms with Crippen LogP contribution in [0.2, 0.25) is 5.02 Å². The third kappa shape index (κ3) is 3.48. The van der Waals surface area contributed by atoms with Crippen molar-refractivity contribution < 1.29 is 22.4 Å². The maximum atomic E-state index is 12.5. The second kappa shape index (κ2) is 5.86. The molecule has 0 unspecified atom stereocenters. The first-order chi connectivity index (χ1) is 10.8. The van der Waals surface area contributed by atoms with Gasteiger partial charge in [-0.1, -0.05) is 22.9 Å². The fraction of sp³-hybridized carbons (Fsp3) is 0.143. The van der Waals surface area contributed by atoms with E-state index in [1.54, 1.807) is 18.2 Å². The van der Waals surface area contributed by atoms with Gasteiger partial charge in [0.1, 0.15) is 10.5 Å². The Morgan fingerprint density at radius 3 is 2.87 bits per heavy atom. The highest BCUT2D eigenvalue weighted by atomic mass is 35.5. The summed E-state index contributed by atoms with van der Waals surface area (Å²) >= 11 is 6.22. The standard InChI is InChI=1S/C14H8ClF3N2O2S/c15-8-1-2-9-7(6-22-10(9)4-8)3-12(21)20-13-19-5-11(23-13)14(16,17)18/h1-2,4-6H,3H2,(H,19,20,21). The van der Waals surface area contributed by atoms with Crippen molar-refractivity contribution in [3.05, 3.63) is 46.1 Å². The zero-order chi connectivity index (χ0) is 16.6. The second-order valence-electron chi connectivity index (χ2n) is 4.65. The summed E-state index contributed by atoms with van der Waals surface area (Å²) in [6.45, 7) is 0. The maximum absolute atomic E-state index is 12.5. The van der Waals surface area contributed by atoms with E-state index in [1.165, 1.54) is 6.26 Å². The number of carbonyl (C=O) groups excluding carboxylic acids is 1. The molecule has 0 aliphatic rings. The number of aromatic nitrogens is 1. The lowest BCUT2D eigenvalue weighted by atomic mass is 10.1. The first kappa shape index (κ1) is 15.8. The smallest absolute Gasteiger partial charge is 0.427 e. The SMILES string of the molecule is O=C(Cc1coc2cc(Cl)ccc12)Nc1ncc(C(F)(F)F)s1. The van der Waals surface area contributed by atoms with Crippen molar-refractivity contribution in [2.45, 2.75) is 12.6 Å². The van der Waals surface area contributed by atoms with Crippen LogP contribution in [-0.2, 0) is 17.4 Å². The van der Waals surface area contributed by atoms with E-state index in [1.807, 2.05) is 0 Å². The Kier molecular flexibility index (Phi) is 4.03. The van der Waals surface area contributed by atoms with Crippen LogP contribution in [0.1, 0.15) is 10.4 Å². The van der Waals surface area contributed by atoms with Crippen LogP contribution in [0, 0.1) is 0 Å². The van der Waals surface area contributed by atoms with Crippen molar-refractivity contribution >= 4 is 44.9 Å². The summed E-state index contributed by atoms with van der Waals surface area (Å²) < 4.78 is 42.8. The minimum Gasteiger partial charge on any atom is -0.464 e. The lowest BCUT2D eigenvalue weighted by molar-refractivity contribution is -0.134. The maximum Gasteiger partial charge on any atom is 0.427 e. The molecule has 0 radical (unpaired) electrons. The molecule has 3 rings (SSSR count). The fourth-order valence-corrected chi connectivity index (χ4v) is 2.86. The van der Waals surface area contributed by atoms with Gasteiger partial charge in [0, 0.05) is 16.0 Å². The number of furan rings is 1. The number of fused-ring (bicyclic) bond motifs is 1. The zero-order valence-electron chi connectivity index (χ0n) is 11.3. The number of thiazole rings is 1. The van der Waals surface area contributed by atoms with Gasteiger partial charge in [0.05, 0.1) is 18.9 Å². The summed E-state index contributed by atoms with van der Waals surface area (Å²) in [5.41, 5.74) is 1.15. The normalized spacial score (nSPS) is 11.8. The first-order valence-corrected chi connectivity index (χ1v) is 7.51. The summed E-state index contributed by atoms with van der Waals surface area (Å²) in [4.78, 5) is 14.6. The van der Waals surface area contributed by atoms with Crippen LogP contribution in [-0.4, -0.2) is 10.9 Å². The van der Waals surface area contributed by atoms with Gasteiger partial charge >= 0.3 is 6.18 Å². The molecular formula is C14H8ClF3N2O2S. The lowest BCUT2D eigenvalue weighted by Crippen LogP contribution is -2.13. The Bertz CT molecular complexity index is 872. The summed E-state index contributed by atoms with van der Waals surface area (Å²) in [7, 11) is 0. The van der Waals surface area contributed by atoms with Crippen molar-refractivity contribution in [1.82, 2.24) is 4.98 Å². The van der Waals surface area contributed by atoms with Crippen LogP contribution in [0.25, 0.3) is 11.0 Å². The van der Waals surface area contributed by atoms with E-state index in [-0.39, 0.29) is 11.6 Å². The molecule has 2 aromatic heterocycles. The van der Waals surface area contributed by atoms with Crippen LogP contribution in [0.5, 0.6) is 0 Å². The fourth-order valence-electron chi connectivity index (χ4n) is 1.99. The van der Waals surface area contributed by atoms with E-state index >= 15 is 0 Å². The second-order valence-corrected chi connectivity index (χ2v) is 6.12. The van der Waals surface area contributed by atoms with Crippen LogP contribution in [0.4, 0.5) is 18.3 Å². The molecule has 120 valence electrons. The molecule has 1 N–H and O–H groups in total. The van der Waals surface area contributed by atoms with Crippen molar-refractivity contribution in [3.8, 4) is 0 Å². The van der Waals surface area contributed by atoms with Crippen LogP contribution < -0.4 is 5.32 Å². The molecule has 0 saturated heterocycles. The number of alkyl halides is 3. The molecule has 0 bridgehead atoms. The van der Waals surface area contributed by atoms with E-state index < -0.39 is 17.0 Å². The van der Waals surface area contributed by atoms with E-state index in [2.05, 4.69) is 10.3 Å². The molecule has 0 aliphatic heterocycles. The van der Waals surface area contributed by atoms with Gasteiger partial charge in [0.15, 0.2) is 5.13 Å². The summed E-state index contributed by atoms with van der Waals surface area (Å²) in [6.07, 6.45) is -2.41. The zero-order valence-corrected chi connectivity index (χ0v) is 12.9. The largest absolute Gasteiger partial charge is 0.464 e. The average Bonchev–Trinajstić information content (AvgIpc) is 3.05. The van der Waals surface area contributed by atoms with E-state index in [0.717, 1.165) is 5.39 Å². The molecule has 0 fully saturated rings. The molecule has 0 aliphatic carbocycles. The minimum atomic E-state index is -4.47. The Morgan fingerprint density at radius 2 is 2.17 bits per heavy atom. The van der Waals surface area contributed by atoms with E-state index in [9.17, 15) is 18.0 Å². The van der Waals surface area contributed by atoms with Crippen molar-refractivity contribution in [2.75, 3.05) is 5.32 Å². The molecule has 1 aromatic carbocycles. The average molecular weight is 361 g/mol. The summed E-state index contributed by atoms with van der Waals surface area (Å²) in [5.74, 6) is -0.481. The summed E-state index contributed by atoms with van der Waals surface area (Å²) in [6, 6.07) is 5.00. The van der Waals surface area contributed by atoms with Crippen LogP contribution in [0.3, 0.4) is 0 Å².